The number of ether oxygens (including phenoxy) is 1. The van der Waals surface area contributed by atoms with Crippen molar-refractivity contribution in [3.63, 3.8) is 0 Å². The fraction of sp³-hybridized carbons (Fsp3) is 0.875. The zero-order valence-corrected chi connectivity index (χ0v) is 8.90. The molecule has 80 valence electrons. The first-order chi connectivity index (χ1) is 6.77. The molecule has 0 aliphatic rings. The van der Waals surface area contributed by atoms with E-state index < -0.39 is 0 Å². The number of nitrogens with one attached hydrogen (secondary N) is 1. The van der Waals surface area contributed by atoms with Crippen molar-refractivity contribution < 1.29 is 4.74 Å². The van der Waals surface area contributed by atoms with Gasteiger partial charge in [0.05, 0.1) is 13.2 Å². The van der Waals surface area contributed by atoms with Crippen molar-refractivity contribution >= 4 is 0 Å². The average molecular weight is 199 g/mol. The zero-order chi connectivity index (χ0) is 10.4. The number of hydrogen-bond acceptors (Lipinski definition) is 5. The van der Waals surface area contributed by atoms with Gasteiger partial charge in [0.2, 0.25) is 0 Å². The van der Waals surface area contributed by atoms with Crippen LogP contribution in [0.2, 0.25) is 0 Å². The Morgan fingerprint density at radius 3 is 3.00 bits per heavy atom. The van der Waals surface area contributed by atoms with E-state index in [2.05, 4.69) is 27.8 Å². The Labute approximate surface area is 83.6 Å². The summed E-state index contributed by atoms with van der Waals surface area (Å²) < 4.78 is 6.86. The van der Waals surface area contributed by atoms with Crippen LogP contribution in [0.3, 0.4) is 0 Å². The summed E-state index contributed by atoms with van der Waals surface area (Å²) in [7, 11) is 3.57. The molecule has 1 heterocycles. The third-order valence-electron chi connectivity index (χ3n) is 1.88. The molecule has 6 heteroatoms. The fourth-order valence-electron chi connectivity index (χ4n) is 1.28. The van der Waals surface area contributed by atoms with E-state index in [1.165, 1.54) is 0 Å². The van der Waals surface area contributed by atoms with Crippen LogP contribution >= 0.6 is 0 Å². The predicted molar refractivity (Wildman–Crippen MR) is 51.6 cm³/mol. The second kappa shape index (κ2) is 5.66. The van der Waals surface area contributed by atoms with Crippen molar-refractivity contribution in [2.75, 3.05) is 20.8 Å². The summed E-state index contributed by atoms with van der Waals surface area (Å²) in [4.78, 5) is 0. The molecule has 0 aliphatic carbocycles. The molecule has 6 nitrogen and oxygen atoms in total. The molecule has 1 N–H and O–H groups in total. The minimum Gasteiger partial charge on any atom is -0.384 e. The van der Waals surface area contributed by atoms with Gasteiger partial charge in [-0.1, -0.05) is 6.92 Å². The van der Waals surface area contributed by atoms with Gasteiger partial charge in [-0.3, -0.25) is 0 Å². The minimum atomic E-state index is 0.416. The van der Waals surface area contributed by atoms with Crippen molar-refractivity contribution in [1.82, 2.24) is 25.5 Å². The highest BCUT2D eigenvalue weighted by Gasteiger charge is 2.08. The maximum absolute atomic E-state index is 5.05. The van der Waals surface area contributed by atoms with Gasteiger partial charge in [0, 0.05) is 13.7 Å². The first kappa shape index (κ1) is 11.1. The molecule has 0 amide bonds. The number of nitrogens with zero attached hydrogens (tertiary/aromatic N) is 4. The second-order valence-electron chi connectivity index (χ2n) is 3.37. The lowest BCUT2D eigenvalue weighted by atomic mass is 10.2. The van der Waals surface area contributed by atoms with Crippen molar-refractivity contribution in [3.8, 4) is 0 Å². The molecule has 0 bridgehead atoms. The van der Waals surface area contributed by atoms with Gasteiger partial charge in [-0.25, -0.2) is 4.68 Å². The van der Waals surface area contributed by atoms with Crippen molar-refractivity contribution in [2.24, 2.45) is 5.92 Å². The van der Waals surface area contributed by atoms with Gasteiger partial charge < -0.3 is 10.1 Å². The Balaban J connectivity index is 2.52. The van der Waals surface area contributed by atoms with Gasteiger partial charge in [-0.05, 0) is 23.4 Å². The maximum Gasteiger partial charge on any atom is 0.165 e. The fourth-order valence-corrected chi connectivity index (χ4v) is 1.28. The molecule has 0 saturated heterocycles. The maximum atomic E-state index is 5.05. The van der Waals surface area contributed by atoms with Gasteiger partial charge in [0.1, 0.15) is 0 Å². The predicted octanol–water partition coefficient (Wildman–Crippen LogP) is -0.325. The third-order valence-corrected chi connectivity index (χ3v) is 1.88. The van der Waals surface area contributed by atoms with Gasteiger partial charge in [0.25, 0.3) is 0 Å². The van der Waals surface area contributed by atoms with Gasteiger partial charge in [0.15, 0.2) is 5.82 Å². The van der Waals surface area contributed by atoms with Crippen LogP contribution in [0.1, 0.15) is 12.7 Å². The van der Waals surface area contributed by atoms with E-state index in [9.17, 15) is 0 Å². The third kappa shape index (κ3) is 3.04. The Morgan fingerprint density at radius 1 is 1.57 bits per heavy atom. The molecule has 0 radical (unpaired) electrons. The standard InChI is InChI=1S/C8H17N5O/c1-7(6-14-3)5-13-8(4-9-2)10-11-12-13/h7,9H,4-6H2,1-3H3. The molecular formula is C8H17N5O. The summed E-state index contributed by atoms with van der Waals surface area (Å²) in [6.45, 7) is 4.30. The lowest BCUT2D eigenvalue weighted by Gasteiger charge is -2.10. The Hall–Kier alpha value is -1.01. The van der Waals surface area contributed by atoms with Crippen molar-refractivity contribution in [1.29, 1.82) is 0 Å². The largest absolute Gasteiger partial charge is 0.384 e. The van der Waals surface area contributed by atoms with Crippen LogP contribution in [0.5, 0.6) is 0 Å². The number of hydrogen-bond donors (Lipinski definition) is 1. The van der Waals surface area contributed by atoms with Crippen LogP contribution in [0.25, 0.3) is 0 Å². The van der Waals surface area contributed by atoms with Gasteiger partial charge in [-0.15, -0.1) is 5.10 Å². The number of aromatic nitrogens is 4. The lowest BCUT2D eigenvalue weighted by molar-refractivity contribution is 0.148. The van der Waals surface area contributed by atoms with Crippen LogP contribution in [-0.4, -0.2) is 41.0 Å². The normalized spacial score (nSPS) is 13.1. The quantitative estimate of drug-likeness (QED) is 0.680. The SMILES string of the molecule is CNCc1nnnn1CC(C)COC. The molecule has 14 heavy (non-hydrogen) atoms. The summed E-state index contributed by atoms with van der Waals surface area (Å²) in [5.41, 5.74) is 0. The number of rotatable bonds is 6. The molecule has 0 spiro atoms. The van der Waals surface area contributed by atoms with E-state index in [1.54, 1.807) is 11.8 Å². The van der Waals surface area contributed by atoms with E-state index in [4.69, 9.17) is 4.74 Å². The smallest absolute Gasteiger partial charge is 0.165 e. The molecule has 0 aromatic carbocycles. The summed E-state index contributed by atoms with van der Waals surface area (Å²) in [5.74, 6) is 1.27. The molecule has 0 aliphatic heterocycles. The summed E-state index contributed by atoms with van der Waals surface area (Å²) in [5, 5.41) is 14.5. The van der Waals surface area contributed by atoms with Crippen LogP contribution in [0, 0.1) is 5.92 Å². The van der Waals surface area contributed by atoms with Crippen LogP contribution in [0.4, 0.5) is 0 Å². The molecule has 0 fully saturated rings. The summed E-state index contributed by atoms with van der Waals surface area (Å²) >= 11 is 0. The minimum absolute atomic E-state index is 0.416. The average Bonchev–Trinajstić information content (AvgIpc) is 2.54. The molecule has 1 aromatic heterocycles. The second-order valence-corrected chi connectivity index (χ2v) is 3.37. The van der Waals surface area contributed by atoms with Crippen molar-refractivity contribution in [2.45, 2.75) is 20.0 Å². The first-order valence-electron chi connectivity index (χ1n) is 4.66. The molecule has 1 unspecified atom stereocenters. The van der Waals surface area contributed by atoms with Crippen molar-refractivity contribution in [3.05, 3.63) is 5.82 Å². The lowest BCUT2D eigenvalue weighted by Crippen LogP contribution is -2.18. The molecule has 1 atom stereocenters. The summed E-state index contributed by atoms with van der Waals surface area (Å²) in [6, 6.07) is 0. The van der Waals surface area contributed by atoms with E-state index >= 15 is 0 Å². The highest BCUT2D eigenvalue weighted by atomic mass is 16.5. The van der Waals surface area contributed by atoms with Crippen LogP contribution in [-0.2, 0) is 17.8 Å². The first-order valence-corrected chi connectivity index (χ1v) is 4.66. The van der Waals surface area contributed by atoms with E-state index in [0.717, 1.165) is 19.0 Å². The highest BCUT2D eigenvalue weighted by Crippen LogP contribution is 2.01. The topological polar surface area (TPSA) is 64.9 Å². The highest BCUT2D eigenvalue weighted by molar-refractivity contribution is 4.79. The zero-order valence-electron chi connectivity index (χ0n) is 8.90. The van der Waals surface area contributed by atoms with E-state index in [-0.39, 0.29) is 0 Å². The number of tetrazole rings is 1. The molecular weight excluding hydrogens is 182 g/mol. The molecule has 1 rings (SSSR count). The number of methoxy groups -OCH3 is 1. The van der Waals surface area contributed by atoms with E-state index in [1.807, 2.05) is 7.05 Å². The Morgan fingerprint density at radius 2 is 2.36 bits per heavy atom. The molecule has 1 aromatic rings. The van der Waals surface area contributed by atoms with Crippen LogP contribution < -0.4 is 5.32 Å². The Kier molecular flexibility index (Phi) is 4.48. The van der Waals surface area contributed by atoms with E-state index in [0.29, 0.717) is 12.5 Å². The van der Waals surface area contributed by atoms with Crippen LogP contribution in [0.15, 0.2) is 0 Å². The van der Waals surface area contributed by atoms with Gasteiger partial charge in [-0.2, -0.15) is 0 Å². The molecule has 0 saturated carbocycles. The summed E-state index contributed by atoms with van der Waals surface area (Å²) in [6.07, 6.45) is 0. The Bertz CT molecular complexity index is 262. The van der Waals surface area contributed by atoms with Gasteiger partial charge >= 0.3 is 0 Å². The monoisotopic (exact) mass is 199 g/mol.